The molecule has 0 aromatic heterocycles. The Labute approximate surface area is 61.8 Å². The molecule has 2 N–H and O–H groups in total. The van der Waals surface area contributed by atoms with Crippen LogP contribution in [0.2, 0.25) is 0 Å². The van der Waals surface area contributed by atoms with Gasteiger partial charge in [0.15, 0.2) is 0 Å². The van der Waals surface area contributed by atoms with Crippen molar-refractivity contribution in [1.82, 2.24) is 0 Å². The van der Waals surface area contributed by atoms with Gasteiger partial charge in [-0.15, -0.1) is 0 Å². The molecule has 2 heteroatoms. The molecule has 0 bridgehead atoms. The number of rotatable bonds is 2. The van der Waals surface area contributed by atoms with Crippen LogP contribution in [0.4, 0.5) is 4.39 Å². The first-order chi connectivity index (χ1) is 4.36. The molecule has 1 rings (SSSR count). The van der Waals surface area contributed by atoms with E-state index >= 15 is 0 Å². The van der Waals surface area contributed by atoms with Crippen LogP contribution in [-0.4, -0.2) is 11.2 Å². The molecule has 0 spiro atoms. The van der Waals surface area contributed by atoms with Gasteiger partial charge >= 0.3 is 0 Å². The van der Waals surface area contributed by atoms with Crippen molar-refractivity contribution in [3.8, 4) is 0 Å². The summed E-state index contributed by atoms with van der Waals surface area (Å²) in [6.07, 6.45) is 1.98. The van der Waals surface area contributed by atoms with Gasteiger partial charge in [-0.05, 0) is 26.7 Å². The fourth-order valence-electron chi connectivity index (χ4n) is 1.26. The summed E-state index contributed by atoms with van der Waals surface area (Å²) in [5.74, 6) is -0.0139. The van der Waals surface area contributed by atoms with Gasteiger partial charge in [-0.2, -0.15) is 0 Å². The van der Waals surface area contributed by atoms with Gasteiger partial charge in [-0.1, -0.05) is 6.92 Å². The number of halogens is 1. The van der Waals surface area contributed by atoms with E-state index in [4.69, 9.17) is 5.73 Å². The van der Waals surface area contributed by atoms with Gasteiger partial charge in [-0.3, -0.25) is 0 Å². The Bertz CT molecular complexity index is 127. The normalized spacial score (nSPS) is 26.1. The van der Waals surface area contributed by atoms with Crippen LogP contribution in [0.15, 0.2) is 0 Å². The maximum absolute atomic E-state index is 13.2. The predicted molar refractivity (Wildman–Crippen MR) is 40.5 cm³/mol. The highest BCUT2D eigenvalue weighted by Gasteiger charge is 2.49. The molecule has 10 heavy (non-hydrogen) atoms. The zero-order valence-electron chi connectivity index (χ0n) is 6.95. The Hall–Kier alpha value is -0.110. The average Bonchev–Trinajstić information content (AvgIpc) is 2.45. The predicted octanol–water partition coefficient (Wildman–Crippen LogP) is 1.86. The van der Waals surface area contributed by atoms with Gasteiger partial charge in [-0.25, -0.2) is 4.39 Å². The molecule has 0 aromatic carbocycles. The van der Waals surface area contributed by atoms with E-state index in [9.17, 15) is 4.39 Å². The number of alkyl halides is 1. The van der Waals surface area contributed by atoms with E-state index in [1.807, 2.05) is 6.92 Å². The Morgan fingerprint density at radius 1 is 1.50 bits per heavy atom. The summed E-state index contributed by atoms with van der Waals surface area (Å²) in [5.41, 5.74) is 4.53. The largest absolute Gasteiger partial charge is 0.325 e. The second-order valence-corrected chi connectivity index (χ2v) is 4.02. The smallest absolute Gasteiger partial charge is 0.109 e. The molecule has 0 aromatic rings. The lowest BCUT2D eigenvalue weighted by Gasteiger charge is -2.28. The Morgan fingerprint density at radius 2 is 1.90 bits per heavy atom. The molecule has 1 unspecified atom stereocenters. The third-order valence-electron chi connectivity index (χ3n) is 2.72. The second-order valence-electron chi connectivity index (χ2n) is 4.02. The maximum atomic E-state index is 13.2. The molecule has 1 saturated carbocycles. The van der Waals surface area contributed by atoms with Gasteiger partial charge in [0.1, 0.15) is 5.67 Å². The van der Waals surface area contributed by atoms with Crippen LogP contribution in [0.25, 0.3) is 0 Å². The van der Waals surface area contributed by atoms with Crippen molar-refractivity contribution in [3.05, 3.63) is 0 Å². The molecule has 0 aliphatic heterocycles. The van der Waals surface area contributed by atoms with E-state index in [0.717, 1.165) is 12.8 Å². The average molecular weight is 145 g/mol. The van der Waals surface area contributed by atoms with E-state index in [1.165, 1.54) is 0 Å². The highest BCUT2D eigenvalue weighted by atomic mass is 19.1. The van der Waals surface area contributed by atoms with Crippen molar-refractivity contribution in [1.29, 1.82) is 0 Å². The summed E-state index contributed by atoms with van der Waals surface area (Å²) in [5, 5.41) is 0. The molecule has 1 aliphatic carbocycles. The molecule has 0 heterocycles. The first-order valence-electron chi connectivity index (χ1n) is 3.84. The third kappa shape index (κ3) is 1.31. The third-order valence-corrected chi connectivity index (χ3v) is 2.72. The van der Waals surface area contributed by atoms with Crippen molar-refractivity contribution in [2.75, 3.05) is 0 Å². The van der Waals surface area contributed by atoms with Crippen LogP contribution in [0.1, 0.15) is 33.6 Å². The minimum absolute atomic E-state index is 0.0139. The van der Waals surface area contributed by atoms with Crippen LogP contribution in [0.5, 0.6) is 0 Å². The molecule has 1 fully saturated rings. The first-order valence-corrected chi connectivity index (χ1v) is 3.84. The summed E-state index contributed by atoms with van der Waals surface area (Å²) < 4.78 is 13.2. The van der Waals surface area contributed by atoms with E-state index in [-0.39, 0.29) is 11.5 Å². The minimum Gasteiger partial charge on any atom is -0.325 e. The van der Waals surface area contributed by atoms with Gasteiger partial charge in [0.25, 0.3) is 0 Å². The summed E-state index contributed by atoms with van der Waals surface area (Å²) in [7, 11) is 0. The van der Waals surface area contributed by atoms with Crippen molar-refractivity contribution < 1.29 is 4.39 Å². The van der Waals surface area contributed by atoms with Gasteiger partial charge in [0.2, 0.25) is 0 Å². The van der Waals surface area contributed by atoms with Crippen LogP contribution in [0, 0.1) is 5.92 Å². The van der Waals surface area contributed by atoms with Crippen molar-refractivity contribution >= 4 is 0 Å². The zero-order valence-corrected chi connectivity index (χ0v) is 6.95. The summed E-state index contributed by atoms with van der Waals surface area (Å²) in [6.45, 7) is 5.10. The molecule has 60 valence electrons. The number of hydrogen-bond acceptors (Lipinski definition) is 1. The molecular formula is C8H16FN. The van der Waals surface area contributed by atoms with Gasteiger partial charge in [0, 0.05) is 11.5 Å². The van der Waals surface area contributed by atoms with E-state index in [0.29, 0.717) is 0 Å². The summed E-state index contributed by atoms with van der Waals surface area (Å²) in [6, 6.07) is 0. The second kappa shape index (κ2) is 1.94. The maximum Gasteiger partial charge on any atom is 0.109 e. The van der Waals surface area contributed by atoms with Gasteiger partial charge in [0.05, 0.1) is 0 Å². The van der Waals surface area contributed by atoms with Crippen molar-refractivity contribution in [3.63, 3.8) is 0 Å². The van der Waals surface area contributed by atoms with Gasteiger partial charge < -0.3 is 5.73 Å². The van der Waals surface area contributed by atoms with E-state index in [2.05, 4.69) is 0 Å². The standard InChI is InChI=1S/C8H16FN/c1-6(7(2,3)9)8(10)4-5-8/h6H,4-5,10H2,1-3H3. The molecule has 1 aliphatic rings. The van der Waals surface area contributed by atoms with E-state index < -0.39 is 5.67 Å². The lowest BCUT2D eigenvalue weighted by atomic mass is 9.86. The first kappa shape index (κ1) is 7.99. The number of nitrogens with two attached hydrogens (primary N) is 1. The topological polar surface area (TPSA) is 26.0 Å². The molecule has 0 saturated heterocycles. The minimum atomic E-state index is -1.12. The monoisotopic (exact) mass is 145 g/mol. The zero-order chi connectivity index (χ0) is 7.99. The molecule has 1 nitrogen and oxygen atoms in total. The highest BCUT2D eigenvalue weighted by molar-refractivity contribution is 5.06. The SMILES string of the molecule is CC(C(C)(C)F)C1(N)CC1. The molecule has 1 atom stereocenters. The Balaban J connectivity index is 2.57. The highest BCUT2D eigenvalue weighted by Crippen LogP contribution is 2.45. The fraction of sp³-hybridized carbons (Fsp3) is 1.00. The Morgan fingerprint density at radius 3 is 2.00 bits per heavy atom. The quantitative estimate of drug-likeness (QED) is 0.630. The lowest BCUT2D eigenvalue weighted by molar-refractivity contribution is 0.110. The van der Waals surface area contributed by atoms with Crippen LogP contribution >= 0.6 is 0 Å². The summed E-state index contributed by atoms with van der Waals surface area (Å²) in [4.78, 5) is 0. The fourth-order valence-corrected chi connectivity index (χ4v) is 1.26. The van der Waals surface area contributed by atoms with Crippen LogP contribution < -0.4 is 5.73 Å². The molecular weight excluding hydrogens is 129 g/mol. The van der Waals surface area contributed by atoms with Crippen LogP contribution in [0.3, 0.4) is 0 Å². The van der Waals surface area contributed by atoms with Crippen LogP contribution in [-0.2, 0) is 0 Å². The van der Waals surface area contributed by atoms with Crippen molar-refractivity contribution in [2.45, 2.75) is 44.8 Å². The molecule has 0 radical (unpaired) electrons. The lowest BCUT2D eigenvalue weighted by Crippen LogP contribution is -2.41. The summed E-state index contributed by atoms with van der Waals surface area (Å²) >= 11 is 0. The Kier molecular flexibility index (Phi) is 1.55. The molecule has 0 amide bonds. The van der Waals surface area contributed by atoms with E-state index in [1.54, 1.807) is 13.8 Å². The van der Waals surface area contributed by atoms with Crippen molar-refractivity contribution in [2.24, 2.45) is 11.7 Å². The number of hydrogen-bond donors (Lipinski definition) is 1.